The average molecular weight is 352 g/mol. The van der Waals surface area contributed by atoms with Crippen LogP contribution in [-0.2, 0) is 11.8 Å². The second-order valence-corrected chi connectivity index (χ2v) is 6.01. The van der Waals surface area contributed by atoms with E-state index in [2.05, 4.69) is 25.7 Å². The Bertz CT molecular complexity index is 863. The van der Waals surface area contributed by atoms with Crippen molar-refractivity contribution in [2.24, 2.45) is 12.1 Å². The lowest BCUT2D eigenvalue weighted by Crippen LogP contribution is -2.20. The van der Waals surface area contributed by atoms with Gasteiger partial charge in [0.25, 0.3) is 5.91 Å². The molecule has 3 rings (SSSR count). The molecule has 0 aliphatic heterocycles. The van der Waals surface area contributed by atoms with Gasteiger partial charge in [-0.15, -0.1) is 10.2 Å². The van der Waals surface area contributed by atoms with Crippen molar-refractivity contribution in [3.63, 3.8) is 0 Å². The number of carbonyl (C=O) groups is 1. The number of carbonyl (C=O) groups excluding carboxylic acids is 1. The highest BCUT2D eigenvalue weighted by atomic mass is 32.2. The number of pyridine rings is 1. The molecule has 0 saturated carbocycles. The molecule has 0 spiro atoms. The fourth-order valence-corrected chi connectivity index (χ4v) is 2.77. The molecule has 0 fully saturated rings. The first kappa shape index (κ1) is 16.8. The van der Waals surface area contributed by atoms with Gasteiger partial charge in [-0.3, -0.25) is 9.78 Å². The first-order valence-electron chi connectivity index (χ1n) is 7.54. The van der Waals surface area contributed by atoms with Gasteiger partial charge in [0, 0.05) is 18.8 Å². The fourth-order valence-electron chi connectivity index (χ4n) is 2.06. The number of hydrogen-bond donors (Lipinski definition) is 1. The van der Waals surface area contributed by atoms with Crippen molar-refractivity contribution in [1.82, 2.24) is 25.2 Å². The molecule has 1 aromatic carbocycles. The van der Waals surface area contributed by atoms with Crippen LogP contribution in [0.3, 0.4) is 0 Å². The van der Waals surface area contributed by atoms with E-state index in [9.17, 15) is 4.79 Å². The van der Waals surface area contributed by atoms with Crippen LogP contribution in [0.25, 0.3) is 11.4 Å². The van der Waals surface area contributed by atoms with Crippen molar-refractivity contribution >= 4 is 23.9 Å². The average Bonchev–Trinajstić information content (AvgIpc) is 3.02. The Morgan fingerprint density at radius 3 is 2.76 bits per heavy atom. The fraction of sp³-hybridized carbons (Fsp3) is 0.118. The van der Waals surface area contributed by atoms with E-state index < -0.39 is 0 Å². The minimum atomic E-state index is -0.221. The van der Waals surface area contributed by atoms with E-state index in [1.54, 1.807) is 12.3 Å². The van der Waals surface area contributed by atoms with Gasteiger partial charge in [-0.2, -0.15) is 5.10 Å². The molecule has 7 nitrogen and oxygen atoms in total. The zero-order chi connectivity index (χ0) is 17.5. The van der Waals surface area contributed by atoms with Gasteiger partial charge >= 0.3 is 0 Å². The van der Waals surface area contributed by atoms with Crippen molar-refractivity contribution in [2.75, 3.05) is 5.75 Å². The Hall–Kier alpha value is -3.00. The Labute approximate surface area is 149 Å². The molecule has 0 radical (unpaired) electrons. The van der Waals surface area contributed by atoms with Gasteiger partial charge in [0.05, 0.1) is 17.7 Å². The molecule has 126 valence electrons. The van der Waals surface area contributed by atoms with Crippen LogP contribution < -0.4 is 5.43 Å². The number of hydrazone groups is 1. The number of nitrogens with zero attached hydrogens (tertiary/aromatic N) is 5. The number of rotatable bonds is 6. The lowest BCUT2D eigenvalue weighted by atomic mass is 10.2. The van der Waals surface area contributed by atoms with E-state index >= 15 is 0 Å². The quantitative estimate of drug-likeness (QED) is 0.417. The number of amides is 1. The summed E-state index contributed by atoms with van der Waals surface area (Å²) in [6, 6.07) is 15.3. The summed E-state index contributed by atoms with van der Waals surface area (Å²) < 4.78 is 1.87. The van der Waals surface area contributed by atoms with Crippen molar-refractivity contribution in [2.45, 2.75) is 5.16 Å². The molecule has 1 amide bonds. The van der Waals surface area contributed by atoms with Crippen molar-refractivity contribution in [1.29, 1.82) is 0 Å². The Kier molecular flexibility index (Phi) is 5.53. The van der Waals surface area contributed by atoms with Crippen molar-refractivity contribution in [3.05, 3.63) is 60.4 Å². The lowest BCUT2D eigenvalue weighted by Gasteiger charge is -2.03. The summed E-state index contributed by atoms with van der Waals surface area (Å²) in [5.41, 5.74) is 4.13. The third-order valence-electron chi connectivity index (χ3n) is 3.27. The van der Waals surface area contributed by atoms with Gasteiger partial charge in [-0.05, 0) is 12.1 Å². The normalized spacial score (nSPS) is 10.9. The topological polar surface area (TPSA) is 85.1 Å². The van der Waals surface area contributed by atoms with Crippen LogP contribution in [0, 0.1) is 0 Å². The first-order valence-corrected chi connectivity index (χ1v) is 8.53. The molecule has 0 aliphatic rings. The van der Waals surface area contributed by atoms with Crippen LogP contribution in [0.1, 0.15) is 5.69 Å². The van der Waals surface area contributed by atoms with Crippen LogP contribution in [0.2, 0.25) is 0 Å². The molecule has 3 aromatic rings. The molecular formula is C17H16N6OS. The SMILES string of the molecule is Cn1c(SCC(=O)NN=Cc2ccccn2)nnc1-c1ccccc1. The third kappa shape index (κ3) is 4.51. The number of nitrogens with one attached hydrogen (secondary N) is 1. The van der Waals surface area contributed by atoms with Gasteiger partial charge in [0.1, 0.15) is 0 Å². The molecule has 0 atom stereocenters. The molecule has 2 aromatic heterocycles. The predicted molar refractivity (Wildman–Crippen MR) is 97.1 cm³/mol. The van der Waals surface area contributed by atoms with Gasteiger partial charge in [0.15, 0.2) is 11.0 Å². The van der Waals surface area contributed by atoms with Crippen LogP contribution >= 0.6 is 11.8 Å². The maximum Gasteiger partial charge on any atom is 0.250 e. The standard InChI is InChI=1S/C17H16N6OS/c1-23-16(13-7-3-2-4-8-13)21-22-17(23)25-12-15(24)20-19-11-14-9-5-6-10-18-14/h2-11H,12H2,1H3,(H,20,24). The van der Waals surface area contributed by atoms with E-state index in [1.165, 1.54) is 18.0 Å². The molecule has 2 heterocycles. The number of hydrogen-bond acceptors (Lipinski definition) is 6. The predicted octanol–water partition coefficient (Wildman–Crippen LogP) is 2.12. The van der Waals surface area contributed by atoms with Crippen molar-refractivity contribution < 1.29 is 4.79 Å². The van der Waals surface area contributed by atoms with E-state index in [-0.39, 0.29) is 11.7 Å². The number of thioether (sulfide) groups is 1. The Morgan fingerprint density at radius 2 is 2.00 bits per heavy atom. The number of benzene rings is 1. The smallest absolute Gasteiger partial charge is 0.250 e. The third-order valence-corrected chi connectivity index (χ3v) is 4.29. The van der Waals surface area contributed by atoms with Gasteiger partial charge in [-0.25, -0.2) is 5.43 Å². The van der Waals surface area contributed by atoms with Crippen LogP contribution in [0.15, 0.2) is 65.0 Å². The van der Waals surface area contributed by atoms with Gasteiger partial charge in [0.2, 0.25) is 0 Å². The Balaban J connectivity index is 1.54. The summed E-state index contributed by atoms with van der Waals surface area (Å²) in [5.74, 6) is 0.735. The summed E-state index contributed by atoms with van der Waals surface area (Å²) in [5, 5.41) is 12.9. The molecule has 25 heavy (non-hydrogen) atoms. The molecule has 0 unspecified atom stereocenters. The molecule has 1 N–H and O–H groups in total. The molecule has 0 bridgehead atoms. The molecular weight excluding hydrogens is 336 g/mol. The molecule has 0 aliphatic carbocycles. The zero-order valence-corrected chi connectivity index (χ0v) is 14.3. The van der Waals surface area contributed by atoms with Gasteiger partial charge < -0.3 is 4.57 Å². The first-order chi connectivity index (χ1) is 12.2. The highest BCUT2D eigenvalue weighted by Crippen LogP contribution is 2.22. The summed E-state index contributed by atoms with van der Waals surface area (Å²) in [4.78, 5) is 16.0. The van der Waals surface area contributed by atoms with Crippen molar-refractivity contribution in [3.8, 4) is 11.4 Å². The second kappa shape index (κ2) is 8.20. The Morgan fingerprint density at radius 1 is 1.20 bits per heavy atom. The maximum absolute atomic E-state index is 11.9. The summed E-state index contributed by atoms with van der Waals surface area (Å²) in [6.45, 7) is 0. The van der Waals surface area contributed by atoms with Gasteiger partial charge in [-0.1, -0.05) is 48.2 Å². The highest BCUT2D eigenvalue weighted by Gasteiger charge is 2.12. The monoisotopic (exact) mass is 352 g/mol. The second-order valence-electron chi connectivity index (χ2n) is 5.07. The maximum atomic E-state index is 11.9. The largest absolute Gasteiger partial charge is 0.305 e. The minimum Gasteiger partial charge on any atom is -0.305 e. The van der Waals surface area contributed by atoms with E-state index in [0.717, 1.165) is 11.4 Å². The summed E-state index contributed by atoms with van der Waals surface area (Å²) in [6.07, 6.45) is 3.16. The lowest BCUT2D eigenvalue weighted by molar-refractivity contribution is -0.118. The van der Waals surface area contributed by atoms with Crippen LogP contribution in [0.4, 0.5) is 0 Å². The zero-order valence-electron chi connectivity index (χ0n) is 13.5. The summed E-state index contributed by atoms with van der Waals surface area (Å²) >= 11 is 1.30. The number of aromatic nitrogens is 4. The summed E-state index contributed by atoms with van der Waals surface area (Å²) in [7, 11) is 1.88. The van der Waals surface area contributed by atoms with Crippen LogP contribution in [-0.4, -0.2) is 37.6 Å². The molecule has 8 heteroatoms. The van der Waals surface area contributed by atoms with E-state index in [4.69, 9.17) is 0 Å². The van der Waals surface area contributed by atoms with Crippen LogP contribution in [0.5, 0.6) is 0 Å². The van der Waals surface area contributed by atoms with E-state index in [1.807, 2.05) is 54.1 Å². The van der Waals surface area contributed by atoms with E-state index in [0.29, 0.717) is 10.9 Å². The minimum absolute atomic E-state index is 0.195. The highest BCUT2D eigenvalue weighted by molar-refractivity contribution is 7.99. The molecule has 0 saturated heterocycles.